The summed E-state index contributed by atoms with van der Waals surface area (Å²) in [5, 5.41) is 21.3. The molecule has 0 bridgehead atoms. The van der Waals surface area contributed by atoms with Gasteiger partial charge in [-0.05, 0) is 165 Å². The molecule has 0 saturated heterocycles. The second-order valence-electron chi connectivity index (χ2n) is 17.8. The maximum Gasteiger partial charge on any atom is 0.0418 e. The predicted molar refractivity (Wildman–Crippen MR) is 280 cm³/mol. The Labute approximate surface area is 379 Å². The molecule has 0 spiro atoms. The summed E-state index contributed by atoms with van der Waals surface area (Å²) in [7, 11) is 0. The monoisotopic (exact) mass is 838 g/mol. The number of hydrogen-bond donors (Lipinski definition) is 0. The van der Waals surface area contributed by atoms with Crippen LogP contribution in [0, 0.1) is 0 Å². The molecule has 1 aliphatic rings. The molecule has 0 nitrogen and oxygen atoms in total. The minimum absolute atomic E-state index is 0.761. The summed E-state index contributed by atoms with van der Waals surface area (Å²) in [5.74, 6) is 0. The van der Waals surface area contributed by atoms with Gasteiger partial charge in [0, 0.05) is 5.02 Å². The smallest absolute Gasteiger partial charge is 0.0418 e. The highest BCUT2D eigenvalue weighted by atomic mass is 35.5. The largest absolute Gasteiger partial charge is 0.0843 e. The highest BCUT2D eigenvalue weighted by Gasteiger charge is 2.32. The highest BCUT2D eigenvalue weighted by Crippen LogP contribution is 2.60. The first-order valence-electron chi connectivity index (χ1n) is 22.5. The highest BCUT2D eigenvalue weighted by molar-refractivity contribution is 6.49. The third kappa shape index (κ3) is 4.61. The molecule has 0 atom stereocenters. The predicted octanol–water partition coefficient (Wildman–Crippen LogP) is 18.8. The third-order valence-corrected chi connectivity index (χ3v) is 14.9. The van der Waals surface area contributed by atoms with Gasteiger partial charge in [0.1, 0.15) is 0 Å². The molecule has 15 rings (SSSR count). The number of benzene rings is 12. The average Bonchev–Trinajstić information content (AvgIpc) is 3.99. The second-order valence-corrected chi connectivity index (χ2v) is 18.3. The Hall–Kier alpha value is -8.03. The maximum absolute atomic E-state index is 7.07. The van der Waals surface area contributed by atoms with E-state index in [4.69, 9.17) is 11.6 Å². The van der Waals surface area contributed by atoms with Gasteiger partial charge in [0.25, 0.3) is 0 Å². The van der Waals surface area contributed by atoms with Crippen LogP contribution in [0.4, 0.5) is 0 Å². The maximum atomic E-state index is 7.07. The summed E-state index contributed by atoms with van der Waals surface area (Å²) in [4.78, 5) is 0. The van der Waals surface area contributed by atoms with E-state index in [0.717, 1.165) is 5.02 Å². The zero-order valence-corrected chi connectivity index (χ0v) is 35.8. The van der Waals surface area contributed by atoms with Gasteiger partial charge in [-0.15, -0.1) is 0 Å². The van der Waals surface area contributed by atoms with E-state index >= 15 is 0 Å². The van der Waals surface area contributed by atoms with Gasteiger partial charge in [0.2, 0.25) is 0 Å². The minimum atomic E-state index is 0.761. The molecular formula is C64H35Cl. The number of halogens is 1. The van der Waals surface area contributed by atoms with Gasteiger partial charge in [0.05, 0.1) is 0 Å². The van der Waals surface area contributed by atoms with Crippen LogP contribution in [0.3, 0.4) is 0 Å². The minimum Gasteiger partial charge on any atom is -0.0843 e. The lowest BCUT2D eigenvalue weighted by atomic mass is 9.82. The van der Waals surface area contributed by atoms with Crippen LogP contribution >= 0.6 is 11.6 Å². The van der Waals surface area contributed by atoms with E-state index in [-0.39, 0.29) is 0 Å². The topological polar surface area (TPSA) is 0 Å². The van der Waals surface area contributed by atoms with Crippen molar-refractivity contribution in [3.63, 3.8) is 0 Å². The van der Waals surface area contributed by atoms with Crippen molar-refractivity contribution in [2.45, 2.75) is 0 Å². The van der Waals surface area contributed by atoms with E-state index in [1.54, 1.807) is 0 Å². The van der Waals surface area contributed by atoms with E-state index in [2.05, 4.69) is 212 Å². The summed E-state index contributed by atoms with van der Waals surface area (Å²) in [5.41, 5.74) is 15.3. The van der Waals surface area contributed by atoms with Gasteiger partial charge < -0.3 is 0 Å². The Morgan fingerprint density at radius 1 is 0.200 bits per heavy atom. The molecule has 14 aromatic rings. The molecule has 0 aromatic heterocycles. The fourth-order valence-corrected chi connectivity index (χ4v) is 12.6. The number of hydrogen-bond acceptors (Lipinski definition) is 0. The summed E-state index contributed by atoms with van der Waals surface area (Å²) in [6.45, 7) is 0. The Morgan fingerprint density at radius 3 is 1.28 bits per heavy atom. The molecule has 0 fully saturated rings. The molecule has 0 radical (unpaired) electrons. The van der Waals surface area contributed by atoms with Gasteiger partial charge >= 0.3 is 0 Å². The lowest BCUT2D eigenvalue weighted by molar-refractivity contribution is 1.62. The van der Waals surface area contributed by atoms with Gasteiger partial charge in [0.15, 0.2) is 0 Å². The first kappa shape index (κ1) is 35.4. The van der Waals surface area contributed by atoms with Crippen LogP contribution in [-0.4, -0.2) is 0 Å². The lowest BCUT2D eigenvalue weighted by Crippen LogP contribution is -1.93. The summed E-state index contributed by atoms with van der Waals surface area (Å²) < 4.78 is 0. The van der Waals surface area contributed by atoms with Crippen molar-refractivity contribution in [2.24, 2.45) is 0 Å². The molecular weight excluding hydrogens is 804 g/mol. The summed E-state index contributed by atoms with van der Waals surface area (Å²) in [6, 6.07) is 78.9. The Kier molecular flexibility index (Phi) is 7.10. The molecule has 0 unspecified atom stereocenters. The van der Waals surface area contributed by atoms with E-state index in [1.807, 2.05) is 0 Å². The fraction of sp³-hybridized carbons (Fsp3) is 0. The van der Waals surface area contributed by atoms with Crippen LogP contribution in [0.2, 0.25) is 5.02 Å². The molecule has 65 heavy (non-hydrogen) atoms. The van der Waals surface area contributed by atoms with Crippen LogP contribution in [0.15, 0.2) is 212 Å². The quantitative estimate of drug-likeness (QED) is 0.166. The SMILES string of the molecule is Clc1cc2c(-c3ccccc3)c3c4ccc(-c5ccc6c7c(cccc57)-c5c-6c(-c6ccccc6)c6ccccc6c5-c5ccccc5)c5cccc(c54)c3c3c4ccccc4c(c1)c23. The zero-order valence-electron chi connectivity index (χ0n) is 35.1. The van der Waals surface area contributed by atoms with E-state index in [9.17, 15) is 0 Å². The van der Waals surface area contributed by atoms with Crippen molar-refractivity contribution < 1.29 is 0 Å². The average molecular weight is 839 g/mol. The summed E-state index contributed by atoms with van der Waals surface area (Å²) >= 11 is 7.07. The van der Waals surface area contributed by atoms with Crippen LogP contribution in [-0.2, 0) is 0 Å². The van der Waals surface area contributed by atoms with E-state index < -0.39 is 0 Å². The van der Waals surface area contributed by atoms with E-state index in [1.165, 1.54) is 153 Å². The molecule has 298 valence electrons. The normalized spacial score (nSPS) is 12.4. The molecule has 0 N–H and O–H groups in total. The van der Waals surface area contributed by atoms with E-state index in [0.29, 0.717) is 0 Å². The third-order valence-electron chi connectivity index (χ3n) is 14.7. The van der Waals surface area contributed by atoms with Crippen molar-refractivity contribution in [3.8, 4) is 66.8 Å². The van der Waals surface area contributed by atoms with Gasteiger partial charge in [-0.25, -0.2) is 0 Å². The van der Waals surface area contributed by atoms with Gasteiger partial charge in [-0.2, -0.15) is 0 Å². The number of rotatable bonds is 4. The molecule has 0 saturated carbocycles. The van der Waals surface area contributed by atoms with Crippen LogP contribution in [0.5, 0.6) is 0 Å². The first-order chi connectivity index (χ1) is 32.2. The molecule has 0 aliphatic heterocycles. The van der Waals surface area contributed by atoms with Crippen molar-refractivity contribution in [2.75, 3.05) is 0 Å². The molecule has 1 aliphatic carbocycles. The van der Waals surface area contributed by atoms with Crippen LogP contribution in [0.25, 0.3) is 153 Å². The molecule has 0 amide bonds. The lowest BCUT2D eigenvalue weighted by Gasteiger charge is -2.20. The van der Waals surface area contributed by atoms with Gasteiger partial charge in [-0.1, -0.05) is 212 Å². The van der Waals surface area contributed by atoms with Crippen molar-refractivity contribution >= 4 is 97.8 Å². The number of fused-ring (bicyclic) bond motifs is 11. The Balaban J connectivity index is 1.07. The molecule has 14 aromatic carbocycles. The first-order valence-corrected chi connectivity index (χ1v) is 22.9. The zero-order chi connectivity index (χ0) is 42.5. The second kappa shape index (κ2) is 13.0. The van der Waals surface area contributed by atoms with Crippen LogP contribution in [0.1, 0.15) is 0 Å². The summed E-state index contributed by atoms with van der Waals surface area (Å²) in [6.07, 6.45) is 0. The Morgan fingerprint density at radius 2 is 0.631 bits per heavy atom. The molecule has 0 heterocycles. The van der Waals surface area contributed by atoms with Crippen molar-refractivity contribution in [3.05, 3.63) is 217 Å². The Bertz CT molecular complexity index is 4230. The van der Waals surface area contributed by atoms with Crippen molar-refractivity contribution in [1.82, 2.24) is 0 Å². The van der Waals surface area contributed by atoms with Crippen molar-refractivity contribution in [1.29, 1.82) is 0 Å². The molecule has 1 heteroatoms. The standard InChI is InChI=1S/C64H35Cl/c65-39-34-52-40-22-10-11-23-45(40)60-59(52)53(35-39)56(38-20-8-3-9-21-38)63-51-33-31-42(44-27-15-29-49(58(44)51)64(60)63)41-30-32-50-57-43(41)26-14-28-48(57)61-54(36-16-4-1-5-17-36)46-24-12-13-25-47(46)55(62(50)61)37-18-6-2-7-19-37/h1-35H. The fourth-order valence-electron chi connectivity index (χ4n) is 12.3. The van der Waals surface area contributed by atoms with Crippen LogP contribution < -0.4 is 0 Å². The van der Waals surface area contributed by atoms with Gasteiger partial charge in [-0.3, -0.25) is 0 Å².